The zero-order chi connectivity index (χ0) is 15.1. The lowest BCUT2D eigenvalue weighted by atomic mass is 10.2. The molecule has 4 rings (SSSR count). The van der Waals surface area contributed by atoms with Crippen LogP contribution in [0.25, 0.3) is 0 Å². The van der Waals surface area contributed by atoms with Crippen molar-refractivity contribution in [2.75, 3.05) is 13.2 Å². The maximum Gasteiger partial charge on any atom is 0.254 e. The van der Waals surface area contributed by atoms with Crippen LogP contribution in [0.3, 0.4) is 0 Å². The van der Waals surface area contributed by atoms with Crippen LogP contribution in [-0.2, 0) is 23.3 Å². The molecule has 0 unspecified atom stereocenters. The minimum Gasteiger partial charge on any atom is -0.377 e. The maximum absolute atomic E-state index is 12.0. The van der Waals surface area contributed by atoms with E-state index in [1.807, 2.05) is 6.33 Å². The van der Waals surface area contributed by atoms with Gasteiger partial charge in [0, 0.05) is 17.0 Å². The average Bonchev–Trinajstić information content (AvgIpc) is 3.04. The Morgan fingerprint density at radius 3 is 3.09 bits per heavy atom. The Hall–Kier alpha value is -1.60. The van der Waals surface area contributed by atoms with Gasteiger partial charge in [-0.2, -0.15) is 0 Å². The molecule has 7 heteroatoms. The van der Waals surface area contributed by atoms with Crippen LogP contribution in [0.2, 0.25) is 0 Å². The lowest BCUT2D eigenvalue weighted by molar-refractivity contribution is -0.0241. The molecule has 0 bridgehead atoms. The Morgan fingerprint density at radius 1 is 1.45 bits per heavy atom. The predicted molar refractivity (Wildman–Crippen MR) is 83.3 cm³/mol. The minimum atomic E-state index is 0.0267. The highest BCUT2D eigenvalue weighted by Crippen LogP contribution is 2.25. The first-order valence-electron chi connectivity index (χ1n) is 7.57. The number of thioether (sulfide) groups is 1. The van der Waals surface area contributed by atoms with Crippen molar-refractivity contribution in [2.24, 2.45) is 0 Å². The number of hydrogen-bond donors (Lipinski definition) is 1. The summed E-state index contributed by atoms with van der Waals surface area (Å²) < 4.78 is 7.41. The highest BCUT2D eigenvalue weighted by molar-refractivity contribution is 7.98. The van der Waals surface area contributed by atoms with E-state index in [1.165, 1.54) is 5.69 Å². The largest absolute Gasteiger partial charge is 0.377 e. The molecule has 6 nitrogen and oxygen atoms in total. The van der Waals surface area contributed by atoms with Crippen molar-refractivity contribution in [1.82, 2.24) is 19.5 Å². The smallest absolute Gasteiger partial charge is 0.254 e. The highest BCUT2D eigenvalue weighted by atomic mass is 32.2. The van der Waals surface area contributed by atoms with E-state index < -0.39 is 0 Å². The van der Waals surface area contributed by atoms with E-state index in [-0.39, 0.29) is 5.56 Å². The van der Waals surface area contributed by atoms with Gasteiger partial charge in [-0.05, 0) is 26.2 Å². The first kappa shape index (κ1) is 14.0. The summed E-state index contributed by atoms with van der Waals surface area (Å²) in [6.45, 7) is 3.62. The van der Waals surface area contributed by atoms with E-state index in [0.717, 1.165) is 49.4 Å². The van der Waals surface area contributed by atoms with Crippen molar-refractivity contribution >= 4 is 11.8 Å². The average molecular weight is 318 g/mol. The van der Waals surface area contributed by atoms with Crippen LogP contribution < -0.4 is 5.56 Å². The van der Waals surface area contributed by atoms with E-state index in [4.69, 9.17) is 4.74 Å². The lowest BCUT2D eigenvalue weighted by Gasteiger charge is -2.28. The van der Waals surface area contributed by atoms with Gasteiger partial charge < -0.3 is 14.3 Å². The molecule has 2 aromatic heterocycles. The van der Waals surface area contributed by atoms with E-state index in [0.29, 0.717) is 17.0 Å². The van der Waals surface area contributed by atoms with E-state index >= 15 is 0 Å². The number of aromatic nitrogens is 4. The molecule has 0 radical (unpaired) electrons. The number of rotatable bonds is 4. The van der Waals surface area contributed by atoms with Gasteiger partial charge in [0.2, 0.25) is 0 Å². The number of hydrogen-bond acceptors (Lipinski definition) is 5. The molecule has 1 saturated heterocycles. The molecule has 1 aliphatic heterocycles. The Morgan fingerprint density at radius 2 is 2.32 bits per heavy atom. The van der Waals surface area contributed by atoms with Crippen molar-refractivity contribution in [3.05, 3.63) is 39.3 Å². The van der Waals surface area contributed by atoms with Gasteiger partial charge in [-0.15, -0.1) is 0 Å². The maximum atomic E-state index is 12.0. The number of H-pyrrole nitrogens is 1. The summed E-state index contributed by atoms with van der Waals surface area (Å²) in [4.78, 5) is 24.0. The third-order valence-electron chi connectivity index (χ3n) is 4.42. The molecule has 22 heavy (non-hydrogen) atoms. The molecular formula is C15H18N4O2S. The highest BCUT2D eigenvalue weighted by Gasteiger charge is 2.23. The molecule has 116 valence electrons. The number of imidazole rings is 1. The molecule has 2 aromatic rings. The number of aryl methyl sites for hydroxylation is 1. The summed E-state index contributed by atoms with van der Waals surface area (Å²) in [5.74, 6) is 0.716. The van der Waals surface area contributed by atoms with Gasteiger partial charge in [0.15, 0.2) is 5.16 Å². The zero-order valence-electron chi connectivity index (χ0n) is 12.5. The van der Waals surface area contributed by atoms with Gasteiger partial charge in [0.05, 0.1) is 37.0 Å². The number of ether oxygens (including phenoxy) is 1. The third-order valence-corrected chi connectivity index (χ3v) is 5.31. The van der Waals surface area contributed by atoms with Crippen LogP contribution in [0, 0.1) is 6.92 Å². The van der Waals surface area contributed by atoms with Crippen LogP contribution in [-0.4, -0.2) is 32.7 Å². The number of nitrogens with one attached hydrogen (secondary N) is 1. The summed E-state index contributed by atoms with van der Waals surface area (Å²) in [6.07, 6.45) is 4.70. The Labute approximate surface area is 132 Å². The minimum absolute atomic E-state index is 0.0267. The Kier molecular flexibility index (Phi) is 3.54. The van der Waals surface area contributed by atoms with Crippen LogP contribution in [0.5, 0.6) is 0 Å². The molecule has 0 aromatic carbocycles. The van der Waals surface area contributed by atoms with E-state index in [9.17, 15) is 4.79 Å². The molecule has 0 atom stereocenters. The fraction of sp³-hybridized carbons (Fsp3) is 0.533. The van der Waals surface area contributed by atoms with Gasteiger partial charge in [-0.1, -0.05) is 11.8 Å². The molecule has 1 N–H and O–H groups in total. The second kappa shape index (κ2) is 5.55. The summed E-state index contributed by atoms with van der Waals surface area (Å²) in [5, 5.41) is 0.701. The molecule has 1 aliphatic carbocycles. The number of fused-ring (bicyclic) bond motifs is 1. The summed E-state index contributed by atoms with van der Waals surface area (Å²) >= 11 is 1.54. The standard InChI is InChI=1S/C15H18N4O2S/c1-9-13(16-8-19(9)10-5-21-6-10)7-22-15-17-12-4-2-3-11(12)14(20)18-15/h8,10H,2-7H2,1H3,(H,17,18,20). The van der Waals surface area contributed by atoms with Crippen molar-refractivity contribution in [2.45, 2.75) is 43.1 Å². The fourth-order valence-corrected chi connectivity index (χ4v) is 3.88. The first-order chi connectivity index (χ1) is 10.7. The van der Waals surface area contributed by atoms with Crippen LogP contribution in [0.1, 0.15) is 35.1 Å². The quantitative estimate of drug-likeness (QED) is 0.685. The van der Waals surface area contributed by atoms with Gasteiger partial charge in [0.25, 0.3) is 5.56 Å². The monoisotopic (exact) mass is 318 g/mol. The second-order valence-corrected chi connectivity index (χ2v) is 6.78. The molecular weight excluding hydrogens is 300 g/mol. The summed E-state index contributed by atoms with van der Waals surface area (Å²) in [6, 6.07) is 0.421. The molecule has 2 aliphatic rings. The van der Waals surface area contributed by atoms with Crippen molar-refractivity contribution in [3.8, 4) is 0 Å². The molecule has 0 spiro atoms. The second-order valence-electron chi connectivity index (χ2n) is 5.81. The van der Waals surface area contributed by atoms with Gasteiger partial charge in [-0.3, -0.25) is 4.79 Å². The first-order valence-corrected chi connectivity index (χ1v) is 8.56. The van der Waals surface area contributed by atoms with E-state index in [2.05, 4.69) is 26.4 Å². The lowest BCUT2D eigenvalue weighted by Crippen LogP contribution is -2.30. The van der Waals surface area contributed by atoms with Gasteiger partial charge in [0.1, 0.15) is 0 Å². The summed E-state index contributed by atoms with van der Waals surface area (Å²) in [5.41, 5.74) is 4.08. The third kappa shape index (κ3) is 2.38. The van der Waals surface area contributed by atoms with Gasteiger partial charge >= 0.3 is 0 Å². The molecule has 0 saturated carbocycles. The van der Waals surface area contributed by atoms with E-state index in [1.54, 1.807) is 11.8 Å². The summed E-state index contributed by atoms with van der Waals surface area (Å²) in [7, 11) is 0. The number of aromatic amines is 1. The van der Waals surface area contributed by atoms with Crippen molar-refractivity contribution in [1.29, 1.82) is 0 Å². The van der Waals surface area contributed by atoms with Crippen molar-refractivity contribution < 1.29 is 4.74 Å². The molecule has 3 heterocycles. The number of nitrogens with zero attached hydrogens (tertiary/aromatic N) is 3. The SMILES string of the molecule is Cc1c(CSc2nc3c(c(=O)[nH]2)CCC3)ncn1C1COC1. The van der Waals surface area contributed by atoms with Crippen LogP contribution in [0.15, 0.2) is 16.3 Å². The topological polar surface area (TPSA) is 72.8 Å². The van der Waals surface area contributed by atoms with Crippen molar-refractivity contribution in [3.63, 3.8) is 0 Å². The molecule has 0 amide bonds. The predicted octanol–water partition coefficient (Wildman–Crippen LogP) is 1.63. The normalized spacial score (nSPS) is 17.5. The molecule has 1 fully saturated rings. The van der Waals surface area contributed by atoms with Gasteiger partial charge in [-0.25, -0.2) is 9.97 Å². The Bertz CT molecular complexity index is 763. The fourth-order valence-electron chi connectivity index (χ4n) is 2.98. The zero-order valence-corrected chi connectivity index (χ0v) is 13.3. The van der Waals surface area contributed by atoms with Crippen LogP contribution >= 0.6 is 11.8 Å². The van der Waals surface area contributed by atoms with Crippen LogP contribution in [0.4, 0.5) is 0 Å². The Balaban J connectivity index is 1.50.